The van der Waals surface area contributed by atoms with Crippen LogP contribution in [-0.2, 0) is 16.7 Å². The average molecular weight is 429 g/mol. The molecule has 0 atom stereocenters. The number of alkyl halides is 3. The van der Waals surface area contributed by atoms with E-state index in [1.165, 1.54) is 17.8 Å². The first-order valence-electron chi connectivity index (χ1n) is 6.85. The van der Waals surface area contributed by atoms with E-state index in [9.17, 15) is 18.0 Å². The fraction of sp³-hybridized carbons (Fsp3) is 0.188. The molecule has 0 heterocycles. The maximum Gasteiger partial charge on any atom is 0.418 e. The lowest BCUT2D eigenvalue weighted by Gasteiger charge is -2.14. The Kier molecular flexibility index (Phi) is 6.91. The summed E-state index contributed by atoms with van der Waals surface area (Å²) in [5.41, 5.74) is -0.656. The van der Waals surface area contributed by atoms with E-state index in [1.54, 1.807) is 18.2 Å². The van der Waals surface area contributed by atoms with Crippen molar-refractivity contribution in [3.8, 4) is 0 Å². The second-order valence-electron chi connectivity index (χ2n) is 4.93. The van der Waals surface area contributed by atoms with Gasteiger partial charge in [0.05, 0.1) is 17.0 Å². The number of carbonyl (C=O) groups is 1. The molecule has 2 nitrogen and oxygen atoms in total. The molecule has 0 saturated carbocycles. The summed E-state index contributed by atoms with van der Waals surface area (Å²) >= 11 is 18.8. The predicted molar refractivity (Wildman–Crippen MR) is 97.7 cm³/mol. The second-order valence-corrected chi connectivity index (χ2v) is 7.17. The van der Waals surface area contributed by atoms with Crippen LogP contribution in [0.5, 0.6) is 0 Å². The molecule has 0 aromatic heterocycles. The fourth-order valence-electron chi connectivity index (χ4n) is 1.96. The van der Waals surface area contributed by atoms with E-state index in [4.69, 9.17) is 34.8 Å². The van der Waals surface area contributed by atoms with Gasteiger partial charge in [-0.05, 0) is 35.9 Å². The molecule has 0 spiro atoms. The Balaban J connectivity index is 2.00. The first-order chi connectivity index (χ1) is 11.7. The minimum atomic E-state index is -4.62. The Morgan fingerprint density at radius 2 is 1.72 bits per heavy atom. The lowest BCUT2D eigenvalue weighted by atomic mass is 10.1. The molecular formula is C16H11Cl3F3NOS. The third kappa shape index (κ3) is 5.71. The highest BCUT2D eigenvalue weighted by molar-refractivity contribution is 7.99. The van der Waals surface area contributed by atoms with Crippen LogP contribution in [0.3, 0.4) is 0 Å². The summed E-state index contributed by atoms with van der Waals surface area (Å²) in [7, 11) is 0. The minimum Gasteiger partial charge on any atom is -0.325 e. The van der Waals surface area contributed by atoms with Gasteiger partial charge in [0.15, 0.2) is 0 Å². The number of amides is 1. The van der Waals surface area contributed by atoms with Crippen LogP contribution < -0.4 is 5.32 Å². The van der Waals surface area contributed by atoms with Gasteiger partial charge in [0.2, 0.25) is 5.91 Å². The summed E-state index contributed by atoms with van der Waals surface area (Å²) in [6.45, 7) is 0. The SMILES string of the molecule is O=C(CSCc1c(Cl)cccc1Cl)Nc1ccc(Cl)cc1C(F)(F)F. The molecule has 0 radical (unpaired) electrons. The lowest BCUT2D eigenvalue weighted by Crippen LogP contribution is -2.18. The number of benzene rings is 2. The third-order valence-electron chi connectivity index (χ3n) is 3.10. The van der Waals surface area contributed by atoms with E-state index >= 15 is 0 Å². The average Bonchev–Trinajstić information content (AvgIpc) is 2.51. The summed E-state index contributed by atoms with van der Waals surface area (Å²) in [6, 6.07) is 8.22. The normalized spacial score (nSPS) is 11.4. The second kappa shape index (κ2) is 8.54. The Labute approximate surface area is 161 Å². The van der Waals surface area contributed by atoms with E-state index in [0.717, 1.165) is 12.1 Å². The Morgan fingerprint density at radius 1 is 1.08 bits per heavy atom. The summed E-state index contributed by atoms with van der Waals surface area (Å²) in [6.07, 6.45) is -4.62. The molecule has 0 aliphatic carbocycles. The number of halogens is 6. The molecule has 0 fully saturated rings. The molecule has 0 aliphatic rings. The molecule has 0 aliphatic heterocycles. The van der Waals surface area contributed by atoms with Crippen LogP contribution in [0, 0.1) is 0 Å². The molecule has 0 bridgehead atoms. The highest BCUT2D eigenvalue weighted by Gasteiger charge is 2.34. The smallest absolute Gasteiger partial charge is 0.325 e. The quantitative estimate of drug-likeness (QED) is 0.586. The number of anilines is 1. The molecule has 9 heteroatoms. The highest BCUT2D eigenvalue weighted by atomic mass is 35.5. The molecule has 2 aromatic rings. The van der Waals surface area contributed by atoms with E-state index < -0.39 is 17.6 Å². The van der Waals surface area contributed by atoms with Gasteiger partial charge in [-0.1, -0.05) is 40.9 Å². The van der Waals surface area contributed by atoms with Gasteiger partial charge in [0.25, 0.3) is 0 Å². The monoisotopic (exact) mass is 427 g/mol. The van der Waals surface area contributed by atoms with Crippen molar-refractivity contribution in [2.75, 3.05) is 11.1 Å². The molecule has 0 unspecified atom stereocenters. The standard InChI is InChI=1S/C16H11Cl3F3NOS/c17-9-4-5-14(11(6-9)16(20,21)22)23-15(24)8-25-7-10-12(18)2-1-3-13(10)19/h1-6H,7-8H2,(H,23,24). The van der Waals surface area contributed by atoms with Crippen LogP contribution in [-0.4, -0.2) is 11.7 Å². The van der Waals surface area contributed by atoms with E-state index in [0.29, 0.717) is 21.4 Å². The largest absolute Gasteiger partial charge is 0.418 e. The summed E-state index contributed by atoms with van der Waals surface area (Å²) in [5.74, 6) is -0.263. The number of carbonyl (C=O) groups excluding carboxylic acids is 1. The van der Waals surface area contributed by atoms with Crippen molar-refractivity contribution in [1.29, 1.82) is 0 Å². The molecule has 1 N–H and O–H groups in total. The van der Waals surface area contributed by atoms with Crippen LogP contribution in [0.15, 0.2) is 36.4 Å². The van der Waals surface area contributed by atoms with E-state index in [-0.39, 0.29) is 16.5 Å². The number of thioether (sulfide) groups is 1. The molecule has 134 valence electrons. The fourth-order valence-corrected chi connectivity index (χ4v) is 3.70. The number of hydrogen-bond donors (Lipinski definition) is 1. The van der Waals surface area contributed by atoms with Gasteiger partial charge in [-0.3, -0.25) is 4.79 Å². The van der Waals surface area contributed by atoms with Gasteiger partial charge in [0.1, 0.15) is 0 Å². The number of nitrogens with one attached hydrogen (secondary N) is 1. The van der Waals surface area contributed by atoms with Gasteiger partial charge in [0, 0.05) is 20.8 Å². The van der Waals surface area contributed by atoms with Crippen molar-refractivity contribution in [3.63, 3.8) is 0 Å². The lowest BCUT2D eigenvalue weighted by molar-refractivity contribution is -0.137. The number of hydrogen-bond acceptors (Lipinski definition) is 2. The van der Waals surface area contributed by atoms with E-state index in [1.807, 2.05) is 0 Å². The van der Waals surface area contributed by atoms with Gasteiger partial charge in [-0.25, -0.2) is 0 Å². The Hall–Kier alpha value is -1.08. The van der Waals surface area contributed by atoms with Crippen molar-refractivity contribution in [1.82, 2.24) is 0 Å². The molecule has 1 amide bonds. The Bertz CT molecular complexity index is 763. The van der Waals surface area contributed by atoms with Crippen LogP contribution in [0.1, 0.15) is 11.1 Å². The van der Waals surface area contributed by atoms with Crippen molar-refractivity contribution >= 4 is 58.2 Å². The molecule has 2 rings (SSSR count). The van der Waals surface area contributed by atoms with Crippen molar-refractivity contribution in [2.24, 2.45) is 0 Å². The first-order valence-corrected chi connectivity index (χ1v) is 9.14. The highest BCUT2D eigenvalue weighted by Crippen LogP contribution is 2.36. The van der Waals surface area contributed by atoms with Crippen molar-refractivity contribution < 1.29 is 18.0 Å². The van der Waals surface area contributed by atoms with Crippen molar-refractivity contribution in [2.45, 2.75) is 11.9 Å². The maximum absolute atomic E-state index is 13.0. The first kappa shape index (κ1) is 20.2. The zero-order valence-electron chi connectivity index (χ0n) is 12.5. The minimum absolute atomic E-state index is 0.0541. The zero-order chi connectivity index (χ0) is 18.6. The number of rotatable bonds is 5. The maximum atomic E-state index is 13.0. The third-order valence-corrected chi connectivity index (χ3v) is 5.00. The van der Waals surface area contributed by atoms with Crippen LogP contribution >= 0.6 is 46.6 Å². The molecular weight excluding hydrogens is 418 g/mol. The van der Waals surface area contributed by atoms with Gasteiger partial charge < -0.3 is 5.32 Å². The molecule has 2 aromatic carbocycles. The summed E-state index contributed by atoms with van der Waals surface area (Å²) in [4.78, 5) is 11.9. The van der Waals surface area contributed by atoms with Gasteiger partial charge >= 0.3 is 6.18 Å². The van der Waals surface area contributed by atoms with Crippen LogP contribution in [0.25, 0.3) is 0 Å². The predicted octanol–water partition coefficient (Wildman–Crippen LogP) is 6.54. The van der Waals surface area contributed by atoms with Gasteiger partial charge in [-0.15, -0.1) is 11.8 Å². The topological polar surface area (TPSA) is 29.1 Å². The summed E-state index contributed by atoms with van der Waals surface area (Å²) in [5, 5.41) is 3.13. The van der Waals surface area contributed by atoms with E-state index in [2.05, 4.69) is 5.32 Å². The van der Waals surface area contributed by atoms with Crippen LogP contribution in [0.2, 0.25) is 15.1 Å². The van der Waals surface area contributed by atoms with Gasteiger partial charge in [-0.2, -0.15) is 13.2 Å². The van der Waals surface area contributed by atoms with Crippen molar-refractivity contribution in [3.05, 3.63) is 62.6 Å². The molecule has 0 saturated heterocycles. The summed E-state index contributed by atoms with van der Waals surface area (Å²) < 4.78 is 39.0. The Morgan fingerprint density at radius 3 is 2.32 bits per heavy atom. The molecule has 25 heavy (non-hydrogen) atoms. The zero-order valence-corrected chi connectivity index (χ0v) is 15.5. The van der Waals surface area contributed by atoms with Crippen LogP contribution in [0.4, 0.5) is 18.9 Å².